The maximum atomic E-state index is 12.5. The van der Waals surface area contributed by atoms with Crippen LogP contribution in [0.1, 0.15) is 18.7 Å². The van der Waals surface area contributed by atoms with Crippen LogP contribution in [0.2, 0.25) is 0 Å². The molecule has 0 amide bonds. The Balaban J connectivity index is 2.24. The van der Waals surface area contributed by atoms with E-state index in [0.717, 1.165) is 4.88 Å². The largest absolute Gasteiger partial charge is 0.310 e. The lowest BCUT2D eigenvalue weighted by Gasteiger charge is -2.11. The van der Waals surface area contributed by atoms with Crippen LogP contribution in [-0.2, 0) is 16.6 Å². The van der Waals surface area contributed by atoms with Gasteiger partial charge in [-0.05, 0) is 39.5 Å². The van der Waals surface area contributed by atoms with Crippen molar-refractivity contribution >= 4 is 43.0 Å². The Morgan fingerprint density at radius 3 is 2.62 bits per heavy atom. The minimum absolute atomic E-state index is 0.305. The first kappa shape index (κ1) is 16.5. The topological polar surface area (TPSA) is 58.2 Å². The molecule has 2 N–H and O–H groups in total. The smallest absolute Gasteiger partial charge is 0.263 e. The first-order valence-corrected chi connectivity index (χ1v) is 9.63. The molecular formula is C14H17BrN2O2S2. The number of benzene rings is 1. The van der Waals surface area contributed by atoms with Crippen LogP contribution >= 0.6 is 27.3 Å². The average Bonchev–Trinajstić information content (AvgIpc) is 2.88. The van der Waals surface area contributed by atoms with Crippen molar-refractivity contribution in [2.45, 2.75) is 31.3 Å². The predicted molar refractivity (Wildman–Crippen MR) is 91.2 cm³/mol. The summed E-state index contributed by atoms with van der Waals surface area (Å²) in [5.74, 6) is 0. The molecule has 114 valence electrons. The molecule has 0 spiro atoms. The molecule has 0 aliphatic heterocycles. The fourth-order valence-electron chi connectivity index (χ4n) is 1.74. The summed E-state index contributed by atoms with van der Waals surface area (Å²) < 4.78 is 28.4. The molecule has 0 atom stereocenters. The van der Waals surface area contributed by atoms with E-state index in [2.05, 4.69) is 26.0 Å². The van der Waals surface area contributed by atoms with E-state index in [1.54, 1.807) is 29.6 Å². The lowest BCUT2D eigenvalue weighted by molar-refractivity contribution is 0.581. The molecule has 7 heteroatoms. The highest BCUT2D eigenvalue weighted by atomic mass is 79.9. The lowest BCUT2D eigenvalue weighted by Crippen LogP contribution is -2.23. The SMILES string of the molecule is CC(C)NCc1sccc1S(=O)(=O)Nc1ccccc1Br. The average molecular weight is 389 g/mol. The number of sulfonamides is 1. The molecule has 0 unspecified atom stereocenters. The van der Waals surface area contributed by atoms with Crippen LogP contribution in [0.15, 0.2) is 45.1 Å². The molecule has 1 heterocycles. The van der Waals surface area contributed by atoms with E-state index in [1.165, 1.54) is 11.3 Å². The molecule has 0 aliphatic rings. The molecular weight excluding hydrogens is 372 g/mol. The van der Waals surface area contributed by atoms with E-state index < -0.39 is 10.0 Å². The normalized spacial score (nSPS) is 11.8. The number of para-hydroxylation sites is 1. The van der Waals surface area contributed by atoms with Crippen LogP contribution < -0.4 is 10.0 Å². The van der Waals surface area contributed by atoms with Gasteiger partial charge in [-0.15, -0.1) is 11.3 Å². The third kappa shape index (κ3) is 4.29. The van der Waals surface area contributed by atoms with E-state index in [1.807, 2.05) is 19.9 Å². The Hall–Kier alpha value is -0.890. The molecule has 21 heavy (non-hydrogen) atoms. The zero-order valence-corrected chi connectivity index (χ0v) is 15.0. The summed E-state index contributed by atoms with van der Waals surface area (Å²) in [6.07, 6.45) is 0. The maximum Gasteiger partial charge on any atom is 0.263 e. The number of nitrogens with one attached hydrogen (secondary N) is 2. The zero-order valence-electron chi connectivity index (χ0n) is 11.8. The van der Waals surface area contributed by atoms with E-state index in [0.29, 0.717) is 27.6 Å². The Morgan fingerprint density at radius 1 is 1.24 bits per heavy atom. The maximum absolute atomic E-state index is 12.5. The molecule has 0 bridgehead atoms. The molecule has 0 fully saturated rings. The fraction of sp³-hybridized carbons (Fsp3) is 0.286. The van der Waals surface area contributed by atoms with E-state index in [4.69, 9.17) is 0 Å². The molecule has 0 aliphatic carbocycles. The molecule has 0 saturated carbocycles. The van der Waals surface area contributed by atoms with Crippen molar-refractivity contribution < 1.29 is 8.42 Å². The summed E-state index contributed by atoms with van der Waals surface area (Å²) in [5.41, 5.74) is 0.534. The Kier molecular flexibility index (Phi) is 5.43. The van der Waals surface area contributed by atoms with Crippen LogP contribution in [0.3, 0.4) is 0 Å². The number of thiophene rings is 1. The van der Waals surface area contributed by atoms with Crippen molar-refractivity contribution in [1.29, 1.82) is 0 Å². The first-order valence-electron chi connectivity index (χ1n) is 6.47. The van der Waals surface area contributed by atoms with Crippen molar-refractivity contribution in [2.24, 2.45) is 0 Å². The minimum Gasteiger partial charge on any atom is -0.310 e. The summed E-state index contributed by atoms with van der Waals surface area (Å²) in [6.45, 7) is 4.60. The summed E-state index contributed by atoms with van der Waals surface area (Å²) in [5, 5.41) is 5.04. The number of hydrogen-bond acceptors (Lipinski definition) is 4. The molecule has 0 radical (unpaired) electrons. The van der Waals surface area contributed by atoms with Crippen LogP contribution in [0.4, 0.5) is 5.69 Å². The van der Waals surface area contributed by atoms with Gasteiger partial charge in [0.2, 0.25) is 0 Å². The summed E-state index contributed by atoms with van der Waals surface area (Å²) in [6, 6.07) is 9.09. The third-order valence-corrected chi connectivity index (χ3v) is 5.97. The quantitative estimate of drug-likeness (QED) is 0.790. The second-order valence-electron chi connectivity index (χ2n) is 4.83. The van der Waals surface area contributed by atoms with Crippen LogP contribution in [0, 0.1) is 0 Å². The van der Waals surface area contributed by atoms with Crippen molar-refractivity contribution in [3.05, 3.63) is 45.1 Å². The summed E-state index contributed by atoms with van der Waals surface area (Å²) in [7, 11) is -3.58. The first-order chi connectivity index (χ1) is 9.90. The molecule has 2 rings (SSSR count). The van der Waals surface area contributed by atoms with Gasteiger partial charge in [-0.3, -0.25) is 4.72 Å². The van der Waals surface area contributed by atoms with E-state index in [-0.39, 0.29) is 0 Å². The predicted octanol–water partition coefficient (Wildman–Crippen LogP) is 3.81. The van der Waals surface area contributed by atoms with Gasteiger partial charge in [0.25, 0.3) is 10.0 Å². The summed E-state index contributed by atoms with van der Waals surface area (Å²) >= 11 is 4.78. The minimum atomic E-state index is -3.58. The highest BCUT2D eigenvalue weighted by molar-refractivity contribution is 9.10. The van der Waals surface area contributed by atoms with Gasteiger partial charge in [0.15, 0.2) is 0 Å². The van der Waals surface area contributed by atoms with Gasteiger partial charge in [0, 0.05) is 21.9 Å². The molecule has 2 aromatic rings. The Bertz CT molecular complexity index is 711. The molecule has 1 aromatic carbocycles. The van der Waals surface area contributed by atoms with Crippen molar-refractivity contribution in [1.82, 2.24) is 5.32 Å². The van der Waals surface area contributed by atoms with E-state index in [9.17, 15) is 8.42 Å². The monoisotopic (exact) mass is 388 g/mol. The van der Waals surface area contributed by atoms with Crippen molar-refractivity contribution in [3.63, 3.8) is 0 Å². The van der Waals surface area contributed by atoms with Gasteiger partial charge in [-0.1, -0.05) is 26.0 Å². The van der Waals surface area contributed by atoms with E-state index >= 15 is 0 Å². The van der Waals surface area contributed by atoms with Gasteiger partial charge in [0.05, 0.1) is 5.69 Å². The fourth-order valence-corrected chi connectivity index (χ4v) is 4.73. The highest BCUT2D eigenvalue weighted by Crippen LogP contribution is 2.27. The summed E-state index contributed by atoms with van der Waals surface area (Å²) in [4.78, 5) is 1.14. The van der Waals surface area contributed by atoms with Crippen LogP contribution in [0.5, 0.6) is 0 Å². The van der Waals surface area contributed by atoms with Crippen molar-refractivity contribution in [2.75, 3.05) is 4.72 Å². The Morgan fingerprint density at radius 2 is 1.95 bits per heavy atom. The van der Waals surface area contributed by atoms with Crippen molar-refractivity contribution in [3.8, 4) is 0 Å². The third-order valence-electron chi connectivity index (χ3n) is 2.78. The second kappa shape index (κ2) is 6.91. The van der Waals surface area contributed by atoms with Gasteiger partial charge in [0.1, 0.15) is 4.90 Å². The lowest BCUT2D eigenvalue weighted by atomic mass is 10.3. The van der Waals surface area contributed by atoms with Gasteiger partial charge < -0.3 is 5.32 Å². The highest BCUT2D eigenvalue weighted by Gasteiger charge is 2.20. The Labute approximate surface area is 137 Å². The molecule has 1 aromatic heterocycles. The van der Waals surface area contributed by atoms with Crippen LogP contribution in [-0.4, -0.2) is 14.5 Å². The zero-order chi connectivity index (χ0) is 15.5. The van der Waals surface area contributed by atoms with Gasteiger partial charge >= 0.3 is 0 Å². The van der Waals surface area contributed by atoms with Gasteiger partial charge in [-0.2, -0.15) is 0 Å². The van der Waals surface area contributed by atoms with Crippen LogP contribution in [0.25, 0.3) is 0 Å². The number of anilines is 1. The number of hydrogen-bond donors (Lipinski definition) is 2. The van der Waals surface area contributed by atoms with Gasteiger partial charge in [-0.25, -0.2) is 8.42 Å². The molecule has 4 nitrogen and oxygen atoms in total. The molecule has 0 saturated heterocycles. The second-order valence-corrected chi connectivity index (χ2v) is 8.33. The number of rotatable bonds is 6. The number of halogens is 1. The standard InChI is InChI=1S/C14H17BrN2O2S2/c1-10(2)16-9-13-14(7-8-20-13)21(18,19)17-12-6-4-3-5-11(12)15/h3-8,10,16-17H,9H2,1-2H3.